The summed E-state index contributed by atoms with van der Waals surface area (Å²) in [6, 6.07) is 5.14. The average molecular weight is 390 g/mol. The van der Waals surface area contributed by atoms with E-state index in [1.54, 1.807) is 0 Å². The van der Waals surface area contributed by atoms with E-state index in [0.717, 1.165) is 0 Å². The number of hydrogen-bond acceptors (Lipinski definition) is 4. The molecule has 0 heterocycles. The Balaban J connectivity index is 2.51. The Labute approximate surface area is 153 Å². The Kier molecular flexibility index (Phi) is 8.34. The maximum atomic E-state index is 12.1. The summed E-state index contributed by atoms with van der Waals surface area (Å²) < 4.78 is 26.6. The van der Waals surface area contributed by atoms with Crippen LogP contribution in [0.2, 0.25) is 5.02 Å². The van der Waals surface area contributed by atoms with E-state index in [0.29, 0.717) is 11.4 Å². The SMILES string of the molecule is CC(=O)N[C@@H](CC(C)C)C(=O)NCCNS(=O)(=O)c1ccc(Cl)cc1. The molecule has 1 aromatic carbocycles. The first-order chi connectivity index (χ1) is 11.6. The molecule has 2 amide bonds. The van der Waals surface area contributed by atoms with Crippen molar-refractivity contribution in [1.29, 1.82) is 0 Å². The molecule has 1 aromatic rings. The molecule has 0 unspecified atom stereocenters. The topological polar surface area (TPSA) is 104 Å². The Bertz CT molecular complexity index is 690. The van der Waals surface area contributed by atoms with Gasteiger partial charge in [-0.25, -0.2) is 13.1 Å². The normalized spacial score (nSPS) is 12.7. The first-order valence-electron chi connectivity index (χ1n) is 7.92. The molecule has 0 saturated carbocycles. The van der Waals surface area contributed by atoms with Gasteiger partial charge < -0.3 is 10.6 Å². The van der Waals surface area contributed by atoms with Crippen LogP contribution in [0.15, 0.2) is 29.2 Å². The van der Waals surface area contributed by atoms with E-state index in [-0.39, 0.29) is 35.7 Å². The molecule has 0 spiro atoms. The number of amides is 2. The first kappa shape index (κ1) is 21.4. The number of halogens is 1. The third-order valence-corrected chi connectivity index (χ3v) is 4.97. The van der Waals surface area contributed by atoms with Gasteiger partial charge in [-0.05, 0) is 36.6 Å². The maximum absolute atomic E-state index is 12.1. The molecule has 0 aliphatic rings. The van der Waals surface area contributed by atoms with Gasteiger partial charge in [0.25, 0.3) is 0 Å². The van der Waals surface area contributed by atoms with Crippen LogP contribution in [0.4, 0.5) is 0 Å². The van der Waals surface area contributed by atoms with Crippen LogP contribution >= 0.6 is 11.6 Å². The van der Waals surface area contributed by atoms with Crippen molar-refractivity contribution < 1.29 is 18.0 Å². The van der Waals surface area contributed by atoms with Gasteiger partial charge in [0, 0.05) is 25.0 Å². The van der Waals surface area contributed by atoms with Crippen LogP contribution in [0.25, 0.3) is 0 Å². The van der Waals surface area contributed by atoms with Gasteiger partial charge in [-0.3, -0.25) is 9.59 Å². The summed E-state index contributed by atoms with van der Waals surface area (Å²) in [5.74, 6) is -0.398. The average Bonchev–Trinajstić information content (AvgIpc) is 2.50. The Morgan fingerprint density at radius 1 is 1.12 bits per heavy atom. The lowest BCUT2D eigenvalue weighted by Crippen LogP contribution is -2.48. The Morgan fingerprint density at radius 2 is 1.72 bits per heavy atom. The Hall–Kier alpha value is -1.64. The zero-order valence-corrected chi connectivity index (χ0v) is 16.1. The molecule has 9 heteroatoms. The van der Waals surface area contributed by atoms with Crippen molar-refractivity contribution in [1.82, 2.24) is 15.4 Å². The molecule has 7 nitrogen and oxygen atoms in total. The molecule has 0 bridgehead atoms. The summed E-state index contributed by atoms with van der Waals surface area (Å²) >= 11 is 5.73. The molecule has 3 N–H and O–H groups in total. The standard InChI is InChI=1S/C16H24ClN3O4S/c1-11(2)10-15(20-12(3)21)16(22)18-8-9-19-25(23,24)14-6-4-13(17)5-7-14/h4-7,11,15,19H,8-10H2,1-3H3,(H,18,22)(H,20,21)/t15-/m0/s1. The van der Waals surface area contributed by atoms with Crippen LogP contribution in [-0.2, 0) is 19.6 Å². The Morgan fingerprint density at radius 3 is 2.24 bits per heavy atom. The second-order valence-corrected chi connectivity index (χ2v) is 8.23. The van der Waals surface area contributed by atoms with E-state index in [4.69, 9.17) is 11.6 Å². The second-order valence-electron chi connectivity index (χ2n) is 6.03. The highest BCUT2D eigenvalue weighted by Crippen LogP contribution is 2.13. The van der Waals surface area contributed by atoms with Crippen molar-refractivity contribution in [3.8, 4) is 0 Å². The quantitative estimate of drug-likeness (QED) is 0.553. The van der Waals surface area contributed by atoms with E-state index in [1.165, 1.54) is 31.2 Å². The fourth-order valence-electron chi connectivity index (χ4n) is 2.14. The summed E-state index contributed by atoms with van der Waals surface area (Å²) in [5, 5.41) is 5.67. The van der Waals surface area contributed by atoms with Gasteiger partial charge in [-0.15, -0.1) is 0 Å². The largest absolute Gasteiger partial charge is 0.353 e. The van der Waals surface area contributed by atoms with Crippen LogP contribution in [0, 0.1) is 5.92 Å². The fourth-order valence-corrected chi connectivity index (χ4v) is 3.30. The van der Waals surface area contributed by atoms with Gasteiger partial charge in [0.15, 0.2) is 0 Å². The minimum atomic E-state index is -3.66. The maximum Gasteiger partial charge on any atom is 0.242 e. The number of rotatable bonds is 9. The summed E-state index contributed by atoms with van der Waals surface area (Å²) in [6.45, 7) is 5.39. The number of carbonyl (C=O) groups is 2. The van der Waals surface area contributed by atoms with Crippen LogP contribution in [0.5, 0.6) is 0 Å². The van der Waals surface area contributed by atoms with Gasteiger partial charge in [-0.2, -0.15) is 0 Å². The lowest BCUT2D eigenvalue weighted by Gasteiger charge is -2.19. The van der Waals surface area contributed by atoms with E-state index >= 15 is 0 Å². The number of sulfonamides is 1. The smallest absolute Gasteiger partial charge is 0.242 e. The van der Waals surface area contributed by atoms with Gasteiger partial charge in [0.05, 0.1) is 4.90 Å². The van der Waals surface area contributed by atoms with E-state index in [1.807, 2.05) is 13.8 Å². The monoisotopic (exact) mass is 389 g/mol. The van der Waals surface area contributed by atoms with Crippen molar-refractivity contribution in [2.24, 2.45) is 5.92 Å². The predicted molar refractivity (Wildman–Crippen MR) is 96.7 cm³/mol. The molecule has 0 radical (unpaired) electrons. The molecular weight excluding hydrogens is 366 g/mol. The molecule has 0 saturated heterocycles. The van der Waals surface area contributed by atoms with Crippen molar-refractivity contribution >= 4 is 33.4 Å². The fraction of sp³-hybridized carbons (Fsp3) is 0.500. The minimum Gasteiger partial charge on any atom is -0.353 e. The van der Waals surface area contributed by atoms with Gasteiger partial charge in [0.2, 0.25) is 21.8 Å². The lowest BCUT2D eigenvalue weighted by molar-refractivity contribution is -0.128. The van der Waals surface area contributed by atoms with Crippen molar-refractivity contribution in [3.63, 3.8) is 0 Å². The minimum absolute atomic E-state index is 0.0329. The summed E-state index contributed by atoms with van der Waals surface area (Å²) in [4.78, 5) is 23.4. The van der Waals surface area contributed by atoms with Crippen LogP contribution in [-0.4, -0.2) is 39.4 Å². The highest BCUT2D eigenvalue weighted by atomic mass is 35.5. The van der Waals surface area contributed by atoms with Gasteiger partial charge in [0.1, 0.15) is 6.04 Å². The molecule has 140 valence electrons. The number of benzene rings is 1. The zero-order chi connectivity index (χ0) is 19.0. The highest BCUT2D eigenvalue weighted by molar-refractivity contribution is 7.89. The lowest BCUT2D eigenvalue weighted by atomic mass is 10.0. The van der Waals surface area contributed by atoms with Crippen LogP contribution in [0.1, 0.15) is 27.2 Å². The number of hydrogen-bond donors (Lipinski definition) is 3. The summed E-state index contributed by atoms with van der Waals surface area (Å²) in [7, 11) is -3.66. The van der Waals surface area contributed by atoms with Crippen LogP contribution < -0.4 is 15.4 Å². The second kappa shape index (κ2) is 9.74. The van der Waals surface area contributed by atoms with Crippen molar-refractivity contribution in [3.05, 3.63) is 29.3 Å². The molecule has 1 atom stereocenters. The van der Waals surface area contributed by atoms with Crippen LogP contribution in [0.3, 0.4) is 0 Å². The van der Waals surface area contributed by atoms with E-state index < -0.39 is 16.1 Å². The van der Waals surface area contributed by atoms with Crippen molar-refractivity contribution in [2.75, 3.05) is 13.1 Å². The zero-order valence-electron chi connectivity index (χ0n) is 14.5. The third-order valence-electron chi connectivity index (χ3n) is 3.24. The molecular formula is C16H24ClN3O4S. The van der Waals surface area contributed by atoms with Crippen molar-refractivity contribution in [2.45, 2.75) is 38.1 Å². The first-order valence-corrected chi connectivity index (χ1v) is 9.78. The molecule has 0 aliphatic carbocycles. The third kappa shape index (κ3) is 7.85. The van der Waals surface area contributed by atoms with E-state index in [2.05, 4.69) is 15.4 Å². The van der Waals surface area contributed by atoms with Gasteiger partial charge >= 0.3 is 0 Å². The molecule has 1 rings (SSSR count). The molecule has 25 heavy (non-hydrogen) atoms. The molecule has 0 aromatic heterocycles. The molecule has 0 aliphatic heterocycles. The molecule has 0 fully saturated rings. The summed E-state index contributed by atoms with van der Waals surface area (Å²) in [5.41, 5.74) is 0. The van der Waals surface area contributed by atoms with Gasteiger partial charge in [-0.1, -0.05) is 25.4 Å². The number of carbonyl (C=O) groups excluding carboxylic acids is 2. The number of nitrogens with one attached hydrogen (secondary N) is 3. The summed E-state index contributed by atoms with van der Waals surface area (Å²) in [6.07, 6.45) is 0.502. The highest BCUT2D eigenvalue weighted by Gasteiger charge is 2.20. The van der Waals surface area contributed by atoms with E-state index in [9.17, 15) is 18.0 Å². The predicted octanol–water partition coefficient (Wildman–Crippen LogP) is 1.29.